The normalized spacial score (nSPS) is 10.7. The Morgan fingerprint density at radius 1 is 1.17 bits per heavy atom. The molecule has 2 heterocycles. The van der Waals surface area contributed by atoms with Gasteiger partial charge in [0, 0.05) is 23.1 Å². The lowest BCUT2D eigenvalue weighted by Crippen LogP contribution is -1.95. The Morgan fingerprint density at radius 3 is 2.61 bits per heavy atom. The van der Waals surface area contributed by atoms with Crippen LogP contribution in [0.5, 0.6) is 0 Å². The summed E-state index contributed by atoms with van der Waals surface area (Å²) in [6.07, 6.45) is 0.715. The largest absolute Gasteiger partial charge is 0.244 e. The summed E-state index contributed by atoms with van der Waals surface area (Å²) in [6.45, 7) is 7.52. The van der Waals surface area contributed by atoms with Crippen LogP contribution in [0.25, 0.3) is 11.3 Å². The van der Waals surface area contributed by atoms with Gasteiger partial charge >= 0.3 is 0 Å². The molecule has 0 unspecified atom stereocenters. The lowest BCUT2D eigenvalue weighted by atomic mass is 10.1. The summed E-state index contributed by atoms with van der Waals surface area (Å²) in [5.41, 5.74) is 5.36. The smallest absolute Gasteiger partial charge is 0.170 e. The van der Waals surface area contributed by atoms with Crippen LogP contribution in [-0.2, 0) is 6.42 Å². The number of thiazole rings is 1. The second-order valence-electron chi connectivity index (χ2n) is 5.37. The highest BCUT2D eigenvalue weighted by molar-refractivity contribution is 7.10. The Bertz CT molecular complexity index is 853. The molecule has 0 saturated heterocycles. The molecule has 0 atom stereocenters. The predicted molar refractivity (Wildman–Crippen MR) is 98.3 cm³/mol. The molecule has 0 bridgehead atoms. The van der Waals surface area contributed by atoms with E-state index in [1.54, 1.807) is 11.3 Å². The van der Waals surface area contributed by atoms with E-state index in [1.165, 1.54) is 5.56 Å². The molecule has 0 aliphatic heterocycles. The summed E-state index contributed by atoms with van der Waals surface area (Å²) < 4.78 is 0. The fraction of sp³-hybridized carbons (Fsp3) is 0.167. The van der Waals surface area contributed by atoms with Crippen molar-refractivity contribution in [1.29, 1.82) is 0 Å². The molecule has 5 heteroatoms. The van der Waals surface area contributed by atoms with E-state index in [2.05, 4.69) is 53.3 Å². The first kappa shape index (κ1) is 15.8. The Balaban J connectivity index is 1.86. The zero-order valence-electron chi connectivity index (χ0n) is 13.0. The first-order valence-electron chi connectivity index (χ1n) is 7.21. The average Bonchev–Trinajstić information content (AvgIpc) is 3.00. The zero-order chi connectivity index (χ0) is 16.4. The van der Waals surface area contributed by atoms with E-state index in [1.807, 2.05) is 13.0 Å². The van der Waals surface area contributed by atoms with Crippen LogP contribution in [0.1, 0.15) is 21.8 Å². The number of halogens is 1. The Hall–Kier alpha value is -2.04. The number of rotatable bonds is 4. The van der Waals surface area contributed by atoms with E-state index >= 15 is 0 Å². The number of aliphatic imine (C=N–C) groups is 1. The predicted octanol–water partition coefficient (Wildman–Crippen LogP) is 5.40. The SMILES string of the molecule is C=Nc1nc(C)c(Cc2nc(-c3ccc(C)cc3)cs2)cc1Cl. The molecular weight excluding hydrogens is 326 g/mol. The molecule has 0 radical (unpaired) electrons. The van der Waals surface area contributed by atoms with Crippen molar-refractivity contribution in [1.82, 2.24) is 9.97 Å². The van der Waals surface area contributed by atoms with Crippen LogP contribution in [-0.4, -0.2) is 16.7 Å². The number of nitrogens with zero attached hydrogens (tertiary/aromatic N) is 3. The highest BCUT2D eigenvalue weighted by Crippen LogP contribution is 2.28. The van der Waals surface area contributed by atoms with Gasteiger partial charge in [-0.15, -0.1) is 11.3 Å². The van der Waals surface area contributed by atoms with Gasteiger partial charge in [-0.1, -0.05) is 41.4 Å². The van der Waals surface area contributed by atoms with Crippen molar-refractivity contribution in [3.05, 3.63) is 62.6 Å². The summed E-state index contributed by atoms with van der Waals surface area (Å²) >= 11 is 7.82. The first-order chi connectivity index (χ1) is 11.1. The topological polar surface area (TPSA) is 38.1 Å². The van der Waals surface area contributed by atoms with Gasteiger partial charge in [0.1, 0.15) is 0 Å². The molecule has 0 saturated carbocycles. The van der Waals surface area contributed by atoms with Gasteiger partial charge in [-0.25, -0.2) is 15.0 Å². The Labute approximate surface area is 144 Å². The van der Waals surface area contributed by atoms with Gasteiger partial charge in [0.05, 0.1) is 15.7 Å². The van der Waals surface area contributed by atoms with Gasteiger partial charge in [0.2, 0.25) is 0 Å². The van der Waals surface area contributed by atoms with Crippen molar-refractivity contribution in [2.45, 2.75) is 20.3 Å². The van der Waals surface area contributed by atoms with Gasteiger partial charge in [-0.2, -0.15) is 0 Å². The molecule has 0 aliphatic carbocycles. The standard InChI is InChI=1S/C18H16ClN3S/c1-11-4-6-13(7-5-11)16-10-23-17(22-16)9-14-8-15(19)18(20-3)21-12(14)2/h4-8,10H,3,9H2,1-2H3. The molecule has 23 heavy (non-hydrogen) atoms. The van der Waals surface area contributed by atoms with Crippen molar-refractivity contribution < 1.29 is 0 Å². The van der Waals surface area contributed by atoms with Gasteiger partial charge in [-0.05, 0) is 32.2 Å². The zero-order valence-corrected chi connectivity index (χ0v) is 14.6. The second kappa shape index (κ2) is 6.60. The number of benzene rings is 1. The van der Waals surface area contributed by atoms with Crippen molar-refractivity contribution in [2.24, 2.45) is 4.99 Å². The third-order valence-corrected chi connectivity index (χ3v) is 4.77. The third-order valence-electron chi connectivity index (χ3n) is 3.64. The van der Waals surface area contributed by atoms with E-state index in [4.69, 9.17) is 16.6 Å². The molecule has 0 fully saturated rings. The molecule has 3 nitrogen and oxygen atoms in total. The number of aromatic nitrogens is 2. The maximum Gasteiger partial charge on any atom is 0.170 e. The van der Waals surface area contributed by atoms with Crippen LogP contribution in [0.15, 0.2) is 40.7 Å². The van der Waals surface area contributed by atoms with Crippen LogP contribution in [0.3, 0.4) is 0 Å². The molecule has 3 rings (SSSR count). The van der Waals surface area contributed by atoms with Crippen molar-refractivity contribution in [2.75, 3.05) is 0 Å². The van der Waals surface area contributed by atoms with E-state index in [9.17, 15) is 0 Å². The van der Waals surface area contributed by atoms with Gasteiger partial charge in [0.15, 0.2) is 5.82 Å². The maximum absolute atomic E-state index is 6.17. The molecule has 3 aromatic rings. The van der Waals surface area contributed by atoms with Gasteiger partial charge in [-0.3, -0.25) is 0 Å². The van der Waals surface area contributed by atoms with Crippen LogP contribution < -0.4 is 0 Å². The monoisotopic (exact) mass is 341 g/mol. The molecule has 0 spiro atoms. The highest BCUT2D eigenvalue weighted by Gasteiger charge is 2.10. The van der Waals surface area contributed by atoms with E-state index < -0.39 is 0 Å². The minimum Gasteiger partial charge on any atom is -0.244 e. The van der Waals surface area contributed by atoms with Gasteiger partial charge in [0.25, 0.3) is 0 Å². The van der Waals surface area contributed by atoms with E-state index in [0.717, 1.165) is 27.5 Å². The summed E-state index contributed by atoms with van der Waals surface area (Å²) in [5, 5.41) is 3.65. The second-order valence-corrected chi connectivity index (χ2v) is 6.72. The average molecular weight is 342 g/mol. The number of hydrogen-bond acceptors (Lipinski definition) is 4. The number of pyridine rings is 1. The quantitative estimate of drug-likeness (QED) is 0.596. The highest BCUT2D eigenvalue weighted by atomic mass is 35.5. The molecule has 2 aromatic heterocycles. The molecule has 1 aromatic carbocycles. The maximum atomic E-state index is 6.17. The van der Waals surface area contributed by atoms with Crippen LogP contribution in [0.2, 0.25) is 5.02 Å². The fourth-order valence-corrected chi connectivity index (χ4v) is 3.37. The molecule has 0 N–H and O–H groups in total. The number of hydrogen-bond donors (Lipinski definition) is 0. The van der Waals surface area contributed by atoms with E-state index in [-0.39, 0.29) is 0 Å². The Morgan fingerprint density at radius 2 is 1.91 bits per heavy atom. The third kappa shape index (κ3) is 3.49. The van der Waals surface area contributed by atoms with E-state index in [0.29, 0.717) is 17.3 Å². The lowest BCUT2D eigenvalue weighted by Gasteiger charge is -2.06. The van der Waals surface area contributed by atoms with Crippen LogP contribution >= 0.6 is 22.9 Å². The summed E-state index contributed by atoms with van der Waals surface area (Å²) in [6, 6.07) is 10.3. The first-order valence-corrected chi connectivity index (χ1v) is 8.47. The minimum absolute atomic E-state index is 0.479. The van der Waals surface area contributed by atoms with Gasteiger partial charge < -0.3 is 0 Å². The Kier molecular flexibility index (Phi) is 4.55. The van der Waals surface area contributed by atoms with Crippen LogP contribution in [0, 0.1) is 13.8 Å². The lowest BCUT2D eigenvalue weighted by molar-refractivity contribution is 1.06. The number of aryl methyl sites for hydroxylation is 2. The summed E-state index contributed by atoms with van der Waals surface area (Å²) in [7, 11) is 0. The minimum atomic E-state index is 0.479. The van der Waals surface area contributed by atoms with Crippen molar-refractivity contribution >= 4 is 35.5 Å². The van der Waals surface area contributed by atoms with Crippen molar-refractivity contribution in [3.63, 3.8) is 0 Å². The molecule has 0 aliphatic rings. The molecular formula is C18H16ClN3S. The van der Waals surface area contributed by atoms with Crippen LogP contribution in [0.4, 0.5) is 5.82 Å². The fourth-order valence-electron chi connectivity index (χ4n) is 2.31. The summed E-state index contributed by atoms with van der Waals surface area (Å²) in [4.78, 5) is 12.9. The summed E-state index contributed by atoms with van der Waals surface area (Å²) in [5.74, 6) is 0.479. The molecule has 0 amide bonds. The van der Waals surface area contributed by atoms with Crippen molar-refractivity contribution in [3.8, 4) is 11.3 Å². The molecule has 116 valence electrons.